The Morgan fingerprint density at radius 2 is 1.29 bits per heavy atom. The molecule has 0 spiro atoms. The van der Waals surface area contributed by atoms with E-state index in [0.717, 1.165) is 64.2 Å². The lowest BCUT2D eigenvalue weighted by Gasteiger charge is -2.34. The molecule has 0 bridgehead atoms. The van der Waals surface area contributed by atoms with Crippen molar-refractivity contribution in [2.45, 2.75) is 109 Å². The zero-order valence-corrected chi connectivity index (χ0v) is 22.3. The number of ether oxygens (including phenoxy) is 3. The number of unbranched alkanes of at least 4 members (excludes halogenated alkanes) is 8. The van der Waals surface area contributed by atoms with Crippen LogP contribution in [0.15, 0.2) is 0 Å². The number of aliphatic carboxylic acids is 1. The molecule has 2 atom stereocenters. The van der Waals surface area contributed by atoms with Gasteiger partial charge in [0.05, 0.1) is 40.3 Å². The van der Waals surface area contributed by atoms with Gasteiger partial charge in [0.15, 0.2) is 6.10 Å². The molecule has 0 fully saturated rings. The molecule has 0 aromatic heterocycles. The monoisotopic (exact) mass is 487 g/mol. The second kappa shape index (κ2) is 19.6. The number of quaternary nitrogens is 1. The van der Waals surface area contributed by atoms with Gasteiger partial charge in [-0.1, -0.05) is 65.2 Å². The number of carbonyl (C=O) groups is 3. The minimum Gasteiger partial charge on any atom is -0.544 e. The first-order valence-electron chi connectivity index (χ1n) is 13.1. The van der Waals surface area contributed by atoms with Crippen LogP contribution in [0.1, 0.15) is 97.3 Å². The highest BCUT2D eigenvalue weighted by Gasteiger charge is 2.25. The summed E-state index contributed by atoms with van der Waals surface area (Å²) in [7, 11) is 5.35. The number of esters is 2. The van der Waals surface area contributed by atoms with Crippen LogP contribution in [0.25, 0.3) is 0 Å². The Hall–Kier alpha value is -1.67. The minimum atomic E-state index is -1.13. The fourth-order valence-electron chi connectivity index (χ4n) is 3.60. The first kappa shape index (κ1) is 32.3. The van der Waals surface area contributed by atoms with E-state index in [1.807, 2.05) is 0 Å². The summed E-state index contributed by atoms with van der Waals surface area (Å²) in [6.07, 6.45) is 10.5. The lowest BCUT2D eigenvalue weighted by Crippen LogP contribution is -2.55. The number of nitrogens with zero attached hydrogens (tertiary/aromatic N) is 1. The average molecular weight is 488 g/mol. The van der Waals surface area contributed by atoms with Crippen LogP contribution in [0, 0.1) is 0 Å². The van der Waals surface area contributed by atoms with Gasteiger partial charge in [-0.2, -0.15) is 0 Å². The molecule has 0 heterocycles. The first-order chi connectivity index (χ1) is 16.1. The van der Waals surface area contributed by atoms with E-state index >= 15 is 0 Å². The van der Waals surface area contributed by atoms with Crippen molar-refractivity contribution in [3.8, 4) is 0 Å². The van der Waals surface area contributed by atoms with E-state index in [1.165, 1.54) is 0 Å². The van der Waals surface area contributed by atoms with Crippen molar-refractivity contribution < 1.29 is 38.2 Å². The molecule has 0 aliphatic carbocycles. The molecule has 200 valence electrons. The third kappa shape index (κ3) is 17.8. The van der Waals surface area contributed by atoms with Crippen LogP contribution < -0.4 is 5.11 Å². The van der Waals surface area contributed by atoms with E-state index in [0.29, 0.717) is 12.8 Å². The smallest absolute Gasteiger partial charge is 0.306 e. The quantitative estimate of drug-likeness (QED) is 0.131. The van der Waals surface area contributed by atoms with Gasteiger partial charge in [0, 0.05) is 19.3 Å². The molecular formula is C26H49NO7. The molecule has 0 aliphatic heterocycles. The predicted molar refractivity (Wildman–Crippen MR) is 130 cm³/mol. The highest BCUT2D eigenvalue weighted by molar-refractivity contribution is 5.70. The number of rotatable bonds is 22. The summed E-state index contributed by atoms with van der Waals surface area (Å²) in [6.45, 7) is 4.44. The second-order valence-electron chi connectivity index (χ2n) is 9.94. The molecule has 0 aliphatic rings. The summed E-state index contributed by atoms with van der Waals surface area (Å²) in [6, 6.07) is -0.713. The standard InChI is InChI=1S/C26H49NO7/c1-6-8-10-12-14-16-24(28)33-21-22(34-25(29)17-15-13-11-9-7-2)20-32-19-18-23(26(30)31)27(3,4)5/h22-23H,6-21H2,1-5H3. The maximum atomic E-state index is 12.3. The molecule has 8 nitrogen and oxygen atoms in total. The molecule has 34 heavy (non-hydrogen) atoms. The lowest BCUT2D eigenvalue weighted by atomic mass is 10.1. The molecule has 0 rings (SSSR count). The Morgan fingerprint density at radius 3 is 1.79 bits per heavy atom. The van der Waals surface area contributed by atoms with Crippen molar-refractivity contribution in [2.75, 3.05) is 41.0 Å². The van der Waals surface area contributed by atoms with Crippen LogP contribution in [-0.4, -0.2) is 75.5 Å². The molecule has 0 aromatic rings. The number of likely N-dealkylation sites (N-methyl/N-ethyl adjacent to an activating group) is 1. The van der Waals surface area contributed by atoms with Gasteiger partial charge in [0.25, 0.3) is 0 Å². The van der Waals surface area contributed by atoms with Crippen LogP contribution in [0.2, 0.25) is 0 Å². The third-order valence-electron chi connectivity index (χ3n) is 5.74. The van der Waals surface area contributed by atoms with Crippen molar-refractivity contribution >= 4 is 17.9 Å². The Bertz CT molecular complexity index is 560. The van der Waals surface area contributed by atoms with Gasteiger partial charge in [-0.15, -0.1) is 0 Å². The van der Waals surface area contributed by atoms with E-state index in [9.17, 15) is 19.5 Å². The van der Waals surface area contributed by atoms with Crippen molar-refractivity contribution in [1.82, 2.24) is 0 Å². The van der Waals surface area contributed by atoms with Gasteiger partial charge in [0.2, 0.25) is 0 Å². The number of hydrogen-bond donors (Lipinski definition) is 0. The normalized spacial score (nSPS) is 13.3. The molecule has 0 saturated carbocycles. The van der Waals surface area contributed by atoms with Gasteiger partial charge < -0.3 is 28.6 Å². The molecule has 0 N–H and O–H groups in total. The average Bonchev–Trinajstić information content (AvgIpc) is 2.75. The van der Waals surface area contributed by atoms with E-state index in [1.54, 1.807) is 21.1 Å². The zero-order valence-electron chi connectivity index (χ0n) is 22.3. The summed E-state index contributed by atoms with van der Waals surface area (Å²) in [5, 5.41) is 11.4. The second-order valence-corrected chi connectivity index (χ2v) is 9.94. The Morgan fingerprint density at radius 1 is 0.765 bits per heavy atom. The van der Waals surface area contributed by atoms with E-state index < -0.39 is 18.1 Å². The number of carboxylic acids is 1. The summed E-state index contributed by atoms with van der Waals surface area (Å²) in [5.74, 6) is -1.77. The largest absolute Gasteiger partial charge is 0.544 e. The molecule has 0 aromatic carbocycles. The zero-order chi connectivity index (χ0) is 25.8. The fraction of sp³-hybridized carbons (Fsp3) is 0.885. The minimum absolute atomic E-state index is 0.0439. The van der Waals surface area contributed by atoms with Crippen LogP contribution in [0.4, 0.5) is 0 Å². The highest BCUT2D eigenvalue weighted by Crippen LogP contribution is 2.10. The van der Waals surface area contributed by atoms with Crippen LogP contribution in [0.3, 0.4) is 0 Å². The topological polar surface area (TPSA) is 102 Å². The van der Waals surface area contributed by atoms with E-state index in [4.69, 9.17) is 14.2 Å². The molecule has 0 amide bonds. The van der Waals surface area contributed by atoms with Gasteiger partial charge in [0.1, 0.15) is 12.6 Å². The third-order valence-corrected chi connectivity index (χ3v) is 5.74. The Labute approximate surface area is 206 Å². The summed E-state index contributed by atoms with van der Waals surface area (Å²) in [4.78, 5) is 35.7. The molecular weight excluding hydrogens is 438 g/mol. The summed E-state index contributed by atoms with van der Waals surface area (Å²) in [5.41, 5.74) is 0. The van der Waals surface area contributed by atoms with Crippen LogP contribution in [0.5, 0.6) is 0 Å². The number of carboxylic acid groups (broad SMARTS) is 1. The Balaban J connectivity index is 4.57. The lowest BCUT2D eigenvalue weighted by molar-refractivity contribution is -0.889. The molecule has 2 unspecified atom stereocenters. The number of hydrogen-bond acceptors (Lipinski definition) is 7. The van der Waals surface area contributed by atoms with Gasteiger partial charge in [-0.05, 0) is 12.8 Å². The van der Waals surface area contributed by atoms with E-state index in [2.05, 4.69) is 13.8 Å². The molecule has 0 radical (unpaired) electrons. The molecule has 0 saturated heterocycles. The Kier molecular flexibility index (Phi) is 18.7. The van der Waals surface area contributed by atoms with Crippen LogP contribution in [-0.2, 0) is 28.6 Å². The van der Waals surface area contributed by atoms with Crippen molar-refractivity contribution in [3.63, 3.8) is 0 Å². The fourth-order valence-corrected chi connectivity index (χ4v) is 3.60. The summed E-state index contributed by atoms with van der Waals surface area (Å²) < 4.78 is 16.7. The number of carbonyl (C=O) groups excluding carboxylic acids is 3. The predicted octanol–water partition coefficient (Wildman–Crippen LogP) is 3.39. The van der Waals surface area contributed by atoms with Crippen molar-refractivity contribution in [3.05, 3.63) is 0 Å². The highest BCUT2D eigenvalue weighted by atomic mass is 16.6. The van der Waals surface area contributed by atoms with Crippen LogP contribution >= 0.6 is 0 Å². The SMILES string of the molecule is CCCCCCCC(=O)OCC(COCCC(C(=O)[O-])[N+](C)(C)C)OC(=O)CCCCCCC. The van der Waals surface area contributed by atoms with Gasteiger partial charge >= 0.3 is 11.9 Å². The molecule has 8 heteroatoms. The van der Waals surface area contributed by atoms with Gasteiger partial charge in [-0.25, -0.2) is 0 Å². The van der Waals surface area contributed by atoms with Crippen molar-refractivity contribution in [2.24, 2.45) is 0 Å². The van der Waals surface area contributed by atoms with Gasteiger partial charge in [-0.3, -0.25) is 9.59 Å². The first-order valence-corrected chi connectivity index (χ1v) is 13.1. The van der Waals surface area contributed by atoms with Crippen molar-refractivity contribution in [1.29, 1.82) is 0 Å². The summed E-state index contributed by atoms with van der Waals surface area (Å²) >= 11 is 0. The maximum Gasteiger partial charge on any atom is 0.306 e. The maximum absolute atomic E-state index is 12.3. The van der Waals surface area contributed by atoms with E-state index in [-0.39, 0.29) is 42.7 Å².